The number of carbonyl (C=O) groups is 1. The lowest BCUT2D eigenvalue weighted by Crippen LogP contribution is -2.02. The molecule has 2 aromatic carbocycles. The van der Waals surface area contributed by atoms with E-state index in [0.29, 0.717) is 11.1 Å². The van der Waals surface area contributed by atoms with Gasteiger partial charge in [-0.05, 0) is 11.6 Å². The minimum Gasteiger partial charge on any atom is -0.289 e. The van der Waals surface area contributed by atoms with Gasteiger partial charge in [0, 0.05) is 11.1 Å². The maximum Gasteiger partial charge on any atom is 0.264 e. The summed E-state index contributed by atoms with van der Waals surface area (Å²) >= 11 is 0. The Labute approximate surface area is 110 Å². The Hall–Kier alpha value is -2.29. The summed E-state index contributed by atoms with van der Waals surface area (Å²) < 4.78 is 26.1. The predicted molar refractivity (Wildman–Crippen MR) is 71.2 cm³/mol. The zero-order valence-electron chi connectivity index (χ0n) is 10.1. The molecule has 0 aromatic heterocycles. The molecule has 19 heavy (non-hydrogen) atoms. The van der Waals surface area contributed by atoms with Crippen molar-refractivity contribution in [2.75, 3.05) is 0 Å². The van der Waals surface area contributed by atoms with E-state index >= 15 is 0 Å². The summed E-state index contributed by atoms with van der Waals surface area (Å²) in [6.07, 6.45) is -1.68. The second-order valence-corrected chi connectivity index (χ2v) is 4.00. The van der Waals surface area contributed by atoms with Crippen LogP contribution in [0.2, 0.25) is 0 Å². The number of ketones is 1. The number of benzene rings is 2. The lowest BCUT2D eigenvalue weighted by atomic mass is 10.0. The molecule has 0 spiro atoms. The zero-order chi connectivity index (χ0) is 13.7. The highest BCUT2D eigenvalue weighted by atomic mass is 19.3. The summed E-state index contributed by atoms with van der Waals surface area (Å²) in [4.78, 5) is 11.9. The van der Waals surface area contributed by atoms with Crippen molar-refractivity contribution in [3.63, 3.8) is 0 Å². The zero-order valence-corrected chi connectivity index (χ0v) is 10.1. The second-order valence-electron chi connectivity index (χ2n) is 4.00. The van der Waals surface area contributed by atoms with Crippen molar-refractivity contribution in [2.24, 2.45) is 0 Å². The molecule has 0 bridgehead atoms. The fourth-order valence-electron chi connectivity index (χ4n) is 1.73. The molecule has 0 saturated heterocycles. The highest BCUT2D eigenvalue weighted by Gasteiger charge is 2.15. The average molecular weight is 258 g/mol. The molecule has 2 rings (SSSR count). The third-order valence-corrected chi connectivity index (χ3v) is 2.69. The van der Waals surface area contributed by atoms with E-state index in [1.807, 2.05) is 0 Å². The highest BCUT2D eigenvalue weighted by Crippen LogP contribution is 2.22. The standard InChI is InChI=1S/C16H12F2O/c17-16(18)14(12-7-3-1-4-8-12)11-15(19)13-9-5-2-6-10-13/h1-11,16H/b14-11+. The molecular weight excluding hydrogens is 246 g/mol. The minimum atomic E-state index is -2.69. The maximum absolute atomic E-state index is 13.0. The Bertz CT molecular complexity index is 574. The number of rotatable bonds is 4. The summed E-state index contributed by atoms with van der Waals surface area (Å²) in [5.74, 6) is -0.417. The van der Waals surface area contributed by atoms with Gasteiger partial charge in [-0.15, -0.1) is 0 Å². The first-order valence-electron chi connectivity index (χ1n) is 5.83. The van der Waals surface area contributed by atoms with Gasteiger partial charge in [0.2, 0.25) is 0 Å². The van der Waals surface area contributed by atoms with Crippen LogP contribution in [0.15, 0.2) is 66.7 Å². The van der Waals surface area contributed by atoms with E-state index in [-0.39, 0.29) is 5.57 Å². The molecule has 96 valence electrons. The SMILES string of the molecule is O=C(/C=C(\c1ccccc1)C(F)F)c1ccccc1. The van der Waals surface area contributed by atoms with Gasteiger partial charge >= 0.3 is 0 Å². The smallest absolute Gasteiger partial charge is 0.264 e. The molecule has 0 aliphatic carbocycles. The van der Waals surface area contributed by atoms with Gasteiger partial charge in [0.1, 0.15) is 0 Å². The van der Waals surface area contributed by atoms with E-state index < -0.39 is 12.2 Å². The van der Waals surface area contributed by atoms with Gasteiger partial charge in [0.05, 0.1) is 0 Å². The van der Waals surface area contributed by atoms with Crippen molar-refractivity contribution in [1.29, 1.82) is 0 Å². The van der Waals surface area contributed by atoms with E-state index in [0.717, 1.165) is 6.08 Å². The summed E-state index contributed by atoms with van der Waals surface area (Å²) in [5, 5.41) is 0. The number of hydrogen-bond donors (Lipinski definition) is 0. The molecule has 0 aliphatic rings. The van der Waals surface area contributed by atoms with Crippen LogP contribution in [-0.2, 0) is 0 Å². The van der Waals surface area contributed by atoms with Crippen molar-refractivity contribution < 1.29 is 13.6 Å². The molecule has 0 N–H and O–H groups in total. The van der Waals surface area contributed by atoms with Crippen LogP contribution in [0.1, 0.15) is 15.9 Å². The van der Waals surface area contributed by atoms with Crippen LogP contribution in [0.4, 0.5) is 8.78 Å². The quantitative estimate of drug-likeness (QED) is 0.592. The largest absolute Gasteiger partial charge is 0.289 e. The molecule has 0 heterocycles. The van der Waals surface area contributed by atoms with Crippen LogP contribution in [-0.4, -0.2) is 12.2 Å². The van der Waals surface area contributed by atoms with Gasteiger partial charge in [-0.1, -0.05) is 60.7 Å². The lowest BCUT2D eigenvalue weighted by molar-refractivity contribution is 0.104. The Balaban J connectivity index is 2.35. The number of hydrogen-bond acceptors (Lipinski definition) is 1. The number of allylic oxidation sites excluding steroid dienone is 2. The molecule has 1 nitrogen and oxygen atoms in total. The van der Waals surface area contributed by atoms with E-state index in [9.17, 15) is 13.6 Å². The highest BCUT2D eigenvalue weighted by molar-refractivity contribution is 6.08. The molecule has 0 atom stereocenters. The first-order chi connectivity index (χ1) is 9.18. The Morgan fingerprint density at radius 1 is 0.842 bits per heavy atom. The Morgan fingerprint density at radius 2 is 1.32 bits per heavy atom. The van der Waals surface area contributed by atoms with Crippen LogP contribution in [0.25, 0.3) is 5.57 Å². The fourth-order valence-corrected chi connectivity index (χ4v) is 1.73. The molecule has 2 aromatic rings. The Kier molecular flexibility index (Phi) is 4.18. The first kappa shape index (κ1) is 13.1. The summed E-state index contributed by atoms with van der Waals surface area (Å²) in [6.45, 7) is 0. The van der Waals surface area contributed by atoms with Gasteiger partial charge in [-0.25, -0.2) is 8.78 Å². The predicted octanol–water partition coefficient (Wildman–Crippen LogP) is 4.22. The van der Waals surface area contributed by atoms with E-state index in [2.05, 4.69) is 0 Å². The van der Waals surface area contributed by atoms with Crippen molar-refractivity contribution >= 4 is 11.4 Å². The lowest BCUT2D eigenvalue weighted by Gasteiger charge is -2.06. The number of alkyl halides is 2. The van der Waals surface area contributed by atoms with Gasteiger partial charge in [0.25, 0.3) is 6.43 Å². The molecule has 0 amide bonds. The van der Waals surface area contributed by atoms with Crippen LogP contribution in [0.5, 0.6) is 0 Å². The van der Waals surface area contributed by atoms with Crippen LogP contribution in [0, 0.1) is 0 Å². The van der Waals surface area contributed by atoms with Crippen molar-refractivity contribution in [3.05, 3.63) is 77.9 Å². The summed E-state index contributed by atoms with van der Waals surface area (Å²) in [5.41, 5.74) is 0.507. The van der Waals surface area contributed by atoms with Crippen molar-refractivity contribution in [2.45, 2.75) is 6.43 Å². The monoisotopic (exact) mass is 258 g/mol. The molecule has 0 saturated carbocycles. The van der Waals surface area contributed by atoms with Gasteiger partial charge < -0.3 is 0 Å². The summed E-state index contributed by atoms with van der Waals surface area (Å²) in [7, 11) is 0. The topological polar surface area (TPSA) is 17.1 Å². The third kappa shape index (κ3) is 3.35. The van der Waals surface area contributed by atoms with Gasteiger partial charge in [-0.2, -0.15) is 0 Å². The first-order valence-corrected chi connectivity index (χ1v) is 5.83. The molecule has 3 heteroatoms. The van der Waals surface area contributed by atoms with Crippen LogP contribution >= 0.6 is 0 Å². The fraction of sp³-hybridized carbons (Fsp3) is 0.0625. The average Bonchev–Trinajstić information content (AvgIpc) is 2.46. The second kappa shape index (κ2) is 6.05. The van der Waals surface area contributed by atoms with Crippen molar-refractivity contribution in [1.82, 2.24) is 0 Å². The molecule has 0 radical (unpaired) electrons. The Morgan fingerprint density at radius 3 is 1.79 bits per heavy atom. The molecule has 0 aliphatic heterocycles. The minimum absolute atomic E-state index is 0.255. The molecule has 0 fully saturated rings. The number of carbonyl (C=O) groups excluding carboxylic acids is 1. The van der Waals surface area contributed by atoms with E-state index in [1.54, 1.807) is 60.7 Å². The third-order valence-electron chi connectivity index (χ3n) is 2.69. The maximum atomic E-state index is 13.0. The molecular formula is C16H12F2O. The summed E-state index contributed by atoms with van der Waals surface area (Å²) in [6, 6.07) is 16.6. The van der Waals surface area contributed by atoms with Gasteiger partial charge in [0.15, 0.2) is 5.78 Å². The van der Waals surface area contributed by atoms with Crippen LogP contribution in [0.3, 0.4) is 0 Å². The molecule has 0 unspecified atom stereocenters. The van der Waals surface area contributed by atoms with E-state index in [4.69, 9.17) is 0 Å². The van der Waals surface area contributed by atoms with Crippen LogP contribution < -0.4 is 0 Å². The van der Waals surface area contributed by atoms with Crippen molar-refractivity contribution in [3.8, 4) is 0 Å². The van der Waals surface area contributed by atoms with E-state index in [1.165, 1.54) is 0 Å². The number of halogens is 2. The van der Waals surface area contributed by atoms with Gasteiger partial charge in [-0.3, -0.25) is 4.79 Å². The normalized spacial score (nSPS) is 11.6.